The van der Waals surface area contributed by atoms with Crippen LogP contribution in [0.4, 0.5) is 0 Å². The zero-order valence-corrected chi connectivity index (χ0v) is 8.36. The van der Waals surface area contributed by atoms with Gasteiger partial charge >= 0.3 is 0 Å². The van der Waals surface area contributed by atoms with Gasteiger partial charge in [0.25, 0.3) is 0 Å². The molecule has 4 rings (SSSR count). The summed E-state index contributed by atoms with van der Waals surface area (Å²) in [6.07, 6.45) is 9.19. The molecule has 0 bridgehead atoms. The van der Waals surface area contributed by atoms with Crippen LogP contribution in [0.3, 0.4) is 0 Å². The summed E-state index contributed by atoms with van der Waals surface area (Å²) in [6.45, 7) is 0. The van der Waals surface area contributed by atoms with Gasteiger partial charge in [0.1, 0.15) is 11.5 Å². The van der Waals surface area contributed by atoms with Crippen molar-refractivity contribution in [3.63, 3.8) is 0 Å². The summed E-state index contributed by atoms with van der Waals surface area (Å²) in [5, 5.41) is 0. The molecule has 15 heavy (non-hydrogen) atoms. The average molecular weight is 204 g/mol. The number of hydrogen-bond acceptors (Lipinski definition) is 3. The zero-order chi connectivity index (χ0) is 9.83. The highest BCUT2D eigenvalue weighted by Crippen LogP contribution is 2.41. The Bertz CT molecular complexity index is 379. The molecule has 4 aliphatic rings. The average Bonchev–Trinajstić information content (AvgIpc) is 3.03. The second-order valence-corrected chi connectivity index (χ2v) is 4.40. The Hall–Kier alpha value is -1.22. The van der Waals surface area contributed by atoms with Gasteiger partial charge in [0.15, 0.2) is 11.5 Å². The minimum Gasteiger partial charge on any atom is -0.454 e. The largest absolute Gasteiger partial charge is 0.454 e. The summed E-state index contributed by atoms with van der Waals surface area (Å²) in [7, 11) is 0. The SMILES string of the molecule is C1=CC2=C(CCC3OC3CCC3=C1O3)O2. The molecule has 1 aliphatic carbocycles. The Morgan fingerprint density at radius 2 is 1.40 bits per heavy atom. The first kappa shape index (κ1) is 7.99. The van der Waals surface area contributed by atoms with Gasteiger partial charge in [-0.1, -0.05) is 0 Å². The molecular weight excluding hydrogens is 192 g/mol. The van der Waals surface area contributed by atoms with E-state index in [4.69, 9.17) is 14.2 Å². The van der Waals surface area contributed by atoms with Crippen LogP contribution in [0.25, 0.3) is 0 Å². The van der Waals surface area contributed by atoms with Gasteiger partial charge < -0.3 is 14.2 Å². The van der Waals surface area contributed by atoms with Crippen molar-refractivity contribution in [1.82, 2.24) is 0 Å². The van der Waals surface area contributed by atoms with Gasteiger partial charge in [-0.2, -0.15) is 0 Å². The molecule has 3 aliphatic heterocycles. The van der Waals surface area contributed by atoms with Gasteiger partial charge in [-0.15, -0.1) is 0 Å². The van der Waals surface area contributed by atoms with E-state index in [0.29, 0.717) is 12.2 Å². The highest BCUT2D eigenvalue weighted by atomic mass is 16.6. The molecule has 0 radical (unpaired) electrons. The van der Waals surface area contributed by atoms with Crippen LogP contribution in [-0.4, -0.2) is 12.2 Å². The van der Waals surface area contributed by atoms with E-state index in [1.54, 1.807) is 0 Å². The fourth-order valence-electron chi connectivity index (χ4n) is 2.20. The van der Waals surface area contributed by atoms with Gasteiger partial charge in [0.2, 0.25) is 0 Å². The molecule has 0 aromatic rings. The van der Waals surface area contributed by atoms with Crippen LogP contribution in [0.5, 0.6) is 0 Å². The lowest BCUT2D eigenvalue weighted by molar-refractivity contribution is 0.348. The molecule has 2 atom stereocenters. The number of rotatable bonds is 0. The minimum atomic E-state index is 0.467. The smallest absolute Gasteiger partial charge is 0.165 e. The molecule has 0 aromatic heterocycles. The van der Waals surface area contributed by atoms with Crippen LogP contribution >= 0.6 is 0 Å². The molecule has 0 saturated carbocycles. The van der Waals surface area contributed by atoms with E-state index in [9.17, 15) is 0 Å². The molecule has 2 unspecified atom stereocenters. The van der Waals surface area contributed by atoms with E-state index in [1.165, 1.54) is 0 Å². The van der Waals surface area contributed by atoms with Crippen molar-refractivity contribution in [2.75, 3.05) is 0 Å². The van der Waals surface area contributed by atoms with Crippen molar-refractivity contribution in [3.8, 4) is 0 Å². The Labute approximate surface area is 88.0 Å². The van der Waals surface area contributed by atoms with Crippen LogP contribution < -0.4 is 0 Å². The highest BCUT2D eigenvalue weighted by molar-refractivity contribution is 5.37. The summed E-state index contributed by atoms with van der Waals surface area (Å²) in [5.41, 5.74) is 0. The maximum atomic E-state index is 5.59. The quantitative estimate of drug-likeness (QED) is 0.568. The maximum Gasteiger partial charge on any atom is 0.165 e. The Morgan fingerprint density at radius 3 is 1.93 bits per heavy atom. The van der Waals surface area contributed by atoms with E-state index >= 15 is 0 Å². The van der Waals surface area contributed by atoms with Gasteiger partial charge in [0, 0.05) is 12.8 Å². The van der Waals surface area contributed by atoms with Crippen molar-refractivity contribution in [2.24, 2.45) is 0 Å². The van der Waals surface area contributed by atoms with Crippen LogP contribution in [0.15, 0.2) is 35.2 Å². The first-order valence-electron chi connectivity index (χ1n) is 5.56. The van der Waals surface area contributed by atoms with Crippen LogP contribution in [0.1, 0.15) is 25.7 Å². The number of epoxide rings is 1. The molecule has 1 saturated heterocycles. The second-order valence-electron chi connectivity index (χ2n) is 4.40. The van der Waals surface area contributed by atoms with Gasteiger partial charge in [0.05, 0.1) is 12.2 Å². The van der Waals surface area contributed by atoms with Crippen LogP contribution in [0, 0.1) is 0 Å². The van der Waals surface area contributed by atoms with Crippen molar-refractivity contribution in [3.05, 3.63) is 35.2 Å². The molecule has 78 valence electrons. The third kappa shape index (κ3) is 1.47. The first-order chi connectivity index (χ1) is 7.40. The van der Waals surface area contributed by atoms with Gasteiger partial charge in [-0.25, -0.2) is 0 Å². The fraction of sp³-hybridized carbons (Fsp3) is 0.500. The van der Waals surface area contributed by atoms with E-state index in [1.807, 2.05) is 12.2 Å². The number of fused-ring (bicyclic) bond motifs is 1. The molecule has 3 heterocycles. The monoisotopic (exact) mass is 204 g/mol. The Kier molecular flexibility index (Phi) is 1.42. The highest BCUT2D eigenvalue weighted by Gasteiger charge is 2.40. The number of ether oxygens (including phenoxy) is 3. The normalized spacial score (nSPS) is 36.3. The van der Waals surface area contributed by atoms with Crippen molar-refractivity contribution in [2.45, 2.75) is 37.9 Å². The molecule has 0 amide bonds. The number of hydrogen-bond donors (Lipinski definition) is 0. The third-order valence-corrected chi connectivity index (χ3v) is 3.32. The molecular formula is C12H12O3. The molecule has 0 spiro atoms. The lowest BCUT2D eigenvalue weighted by Crippen LogP contribution is -1.93. The summed E-state index contributed by atoms with van der Waals surface area (Å²) < 4.78 is 16.3. The Balaban J connectivity index is 1.55. The van der Waals surface area contributed by atoms with E-state index in [0.717, 1.165) is 48.7 Å². The fourth-order valence-corrected chi connectivity index (χ4v) is 2.20. The molecule has 3 nitrogen and oxygen atoms in total. The van der Waals surface area contributed by atoms with Gasteiger partial charge in [-0.3, -0.25) is 0 Å². The summed E-state index contributed by atoms with van der Waals surface area (Å²) in [4.78, 5) is 0. The standard InChI is InChI=1S/C12H12O3/c1-2-8-10(14-8)5-6-12-11(15-12)4-3-9-7(1)13-9/h1-2,11-12H,3-6H2. The first-order valence-corrected chi connectivity index (χ1v) is 5.56. The number of allylic oxidation sites excluding steroid dienone is 4. The van der Waals surface area contributed by atoms with Crippen molar-refractivity contribution >= 4 is 0 Å². The second kappa shape index (κ2) is 2.67. The van der Waals surface area contributed by atoms with E-state index in [-0.39, 0.29) is 0 Å². The van der Waals surface area contributed by atoms with Crippen molar-refractivity contribution in [1.29, 1.82) is 0 Å². The molecule has 0 N–H and O–H groups in total. The van der Waals surface area contributed by atoms with Gasteiger partial charge in [-0.05, 0) is 25.0 Å². The topological polar surface area (TPSA) is 37.6 Å². The maximum absolute atomic E-state index is 5.59. The summed E-state index contributed by atoms with van der Waals surface area (Å²) in [5.74, 6) is 4.30. The summed E-state index contributed by atoms with van der Waals surface area (Å²) in [6, 6.07) is 0. The third-order valence-electron chi connectivity index (χ3n) is 3.32. The minimum absolute atomic E-state index is 0.467. The summed E-state index contributed by atoms with van der Waals surface area (Å²) >= 11 is 0. The Morgan fingerprint density at radius 1 is 0.867 bits per heavy atom. The van der Waals surface area contributed by atoms with Crippen LogP contribution in [0.2, 0.25) is 0 Å². The molecule has 1 fully saturated rings. The lowest BCUT2D eigenvalue weighted by atomic mass is 10.1. The predicted molar refractivity (Wildman–Crippen MR) is 52.5 cm³/mol. The predicted octanol–water partition coefficient (Wildman–Crippen LogP) is 2.37. The zero-order valence-electron chi connectivity index (χ0n) is 8.36. The molecule has 3 heteroatoms. The molecule has 0 aromatic carbocycles. The van der Waals surface area contributed by atoms with E-state index in [2.05, 4.69) is 0 Å². The van der Waals surface area contributed by atoms with E-state index < -0.39 is 0 Å². The van der Waals surface area contributed by atoms with Crippen molar-refractivity contribution < 1.29 is 14.2 Å². The lowest BCUT2D eigenvalue weighted by Gasteiger charge is -1.89. The van der Waals surface area contributed by atoms with Crippen LogP contribution in [-0.2, 0) is 14.2 Å².